The zero-order valence-corrected chi connectivity index (χ0v) is 15.9. The summed E-state index contributed by atoms with van der Waals surface area (Å²) in [6.07, 6.45) is 2.46. The molecule has 3 aromatic rings. The summed E-state index contributed by atoms with van der Waals surface area (Å²) in [6, 6.07) is 13.8. The van der Waals surface area contributed by atoms with Crippen LogP contribution in [0.1, 0.15) is 43.3 Å². The van der Waals surface area contributed by atoms with Gasteiger partial charge >= 0.3 is 0 Å². The molecule has 0 atom stereocenters. The molecule has 6 heteroatoms. The zero-order chi connectivity index (χ0) is 19.2. The SMILES string of the molecule is CC(C)c1ccc(-c2noc(CCC(=O)N(C)Cc3ccccn3)n2)cc1. The number of benzene rings is 1. The zero-order valence-electron chi connectivity index (χ0n) is 15.9. The summed E-state index contributed by atoms with van der Waals surface area (Å²) in [6.45, 7) is 4.80. The Bertz CT molecular complexity index is 873. The lowest BCUT2D eigenvalue weighted by atomic mass is 10.0. The van der Waals surface area contributed by atoms with E-state index in [0.29, 0.717) is 37.0 Å². The fourth-order valence-electron chi connectivity index (χ4n) is 2.72. The van der Waals surface area contributed by atoms with E-state index in [1.54, 1.807) is 18.1 Å². The van der Waals surface area contributed by atoms with Gasteiger partial charge in [0.15, 0.2) is 0 Å². The number of aryl methyl sites for hydroxylation is 1. The molecular weight excluding hydrogens is 340 g/mol. The average molecular weight is 364 g/mol. The molecule has 0 aliphatic carbocycles. The summed E-state index contributed by atoms with van der Waals surface area (Å²) in [5.41, 5.74) is 3.04. The number of nitrogens with zero attached hydrogens (tertiary/aromatic N) is 4. The molecule has 2 heterocycles. The first-order chi connectivity index (χ1) is 13.0. The van der Waals surface area contributed by atoms with Crippen LogP contribution in [0.15, 0.2) is 53.2 Å². The maximum absolute atomic E-state index is 12.3. The first kappa shape index (κ1) is 18.8. The molecule has 0 aliphatic heterocycles. The Morgan fingerprint density at radius 3 is 2.59 bits per heavy atom. The molecule has 0 fully saturated rings. The van der Waals surface area contributed by atoms with Gasteiger partial charge in [0.1, 0.15) is 0 Å². The highest BCUT2D eigenvalue weighted by molar-refractivity contribution is 5.76. The molecule has 0 saturated heterocycles. The van der Waals surface area contributed by atoms with E-state index in [1.807, 2.05) is 30.3 Å². The molecule has 0 unspecified atom stereocenters. The summed E-state index contributed by atoms with van der Waals surface area (Å²) in [5.74, 6) is 1.52. The Morgan fingerprint density at radius 1 is 1.15 bits per heavy atom. The van der Waals surface area contributed by atoms with Gasteiger partial charge < -0.3 is 9.42 Å². The maximum Gasteiger partial charge on any atom is 0.227 e. The average Bonchev–Trinajstić information content (AvgIpc) is 3.16. The van der Waals surface area contributed by atoms with Gasteiger partial charge in [-0.2, -0.15) is 4.98 Å². The van der Waals surface area contributed by atoms with E-state index >= 15 is 0 Å². The highest BCUT2D eigenvalue weighted by Gasteiger charge is 2.14. The largest absolute Gasteiger partial charge is 0.340 e. The summed E-state index contributed by atoms with van der Waals surface area (Å²) in [5, 5.41) is 4.03. The molecule has 6 nitrogen and oxygen atoms in total. The van der Waals surface area contributed by atoms with Crippen molar-refractivity contribution in [3.63, 3.8) is 0 Å². The van der Waals surface area contributed by atoms with Crippen molar-refractivity contribution in [2.24, 2.45) is 0 Å². The Kier molecular flexibility index (Phi) is 5.96. The first-order valence-corrected chi connectivity index (χ1v) is 9.09. The number of pyridine rings is 1. The van der Waals surface area contributed by atoms with Crippen molar-refractivity contribution in [2.45, 2.75) is 39.2 Å². The van der Waals surface area contributed by atoms with Crippen LogP contribution in [0.3, 0.4) is 0 Å². The van der Waals surface area contributed by atoms with E-state index in [9.17, 15) is 4.79 Å². The van der Waals surface area contributed by atoms with Gasteiger partial charge in [-0.25, -0.2) is 0 Å². The van der Waals surface area contributed by atoms with Gasteiger partial charge in [-0.05, 0) is 23.6 Å². The normalized spacial score (nSPS) is 11.0. The Hall–Kier alpha value is -3.02. The molecule has 0 aliphatic rings. The predicted octanol–water partition coefficient (Wildman–Crippen LogP) is 3.85. The standard InChI is InChI=1S/C21H24N4O2/c1-15(2)16-7-9-17(10-8-16)21-23-19(27-24-21)11-12-20(26)25(3)14-18-6-4-5-13-22-18/h4-10,13,15H,11-12,14H2,1-3H3. The van der Waals surface area contributed by atoms with Crippen molar-refractivity contribution in [3.8, 4) is 11.4 Å². The summed E-state index contributed by atoms with van der Waals surface area (Å²) in [4.78, 5) is 22.6. The lowest BCUT2D eigenvalue weighted by molar-refractivity contribution is -0.130. The van der Waals surface area contributed by atoms with Gasteiger partial charge in [-0.15, -0.1) is 0 Å². The van der Waals surface area contributed by atoms with Gasteiger partial charge in [0, 0.05) is 31.6 Å². The summed E-state index contributed by atoms with van der Waals surface area (Å²) in [7, 11) is 1.77. The van der Waals surface area contributed by atoms with Gasteiger partial charge in [0.25, 0.3) is 0 Å². The van der Waals surface area contributed by atoms with E-state index in [2.05, 4.69) is 41.1 Å². The van der Waals surface area contributed by atoms with Crippen molar-refractivity contribution in [2.75, 3.05) is 7.05 Å². The van der Waals surface area contributed by atoms with Crippen LogP contribution in [0.5, 0.6) is 0 Å². The van der Waals surface area contributed by atoms with Gasteiger partial charge in [0.2, 0.25) is 17.6 Å². The molecule has 1 amide bonds. The van der Waals surface area contributed by atoms with Crippen LogP contribution in [0.4, 0.5) is 0 Å². The van der Waals surface area contributed by atoms with Gasteiger partial charge in [-0.1, -0.05) is 49.3 Å². The quantitative estimate of drug-likeness (QED) is 0.637. The Balaban J connectivity index is 1.55. The fourth-order valence-corrected chi connectivity index (χ4v) is 2.72. The second-order valence-corrected chi connectivity index (χ2v) is 6.86. The van der Waals surface area contributed by atoms with E-state index < -0.39 is 0 Å². The predicted molar refractivity (Wildman–Crippen MR) is 103 cm³/mol. The minimum absolute atomic E-state index is 0.0155. The third kappa shape index (κ3) is 5.00. The van der Waals surface area contributed by atoms with Crippen LogP contribution in [0.2, 0.25) is 0 Å². The minimum atomic E-state index is 0.0155. The van der Waals surface area contributed by atoms with Gasteiger partial charge in [-0.3, -0.25) is 9.78 Å². The number of aromatic nitrogens is 3. The molecule has 140 valence electrons. The lowest BCUT2D eigenvalue weighted by Crippen LogP contribution is -2.26. The molecule has 0 bridgehead atoms. The number of amides is 1. The molecular formula is C21H24N4O2. The number of hydrogen-bond donors (Lipinski definition) is 0. The molecule has 0 radical (unpaired) electrons. The topological polar surface area (TPSA) is 72.1 Å². The second kappa shape index (κ2) is 8.58. The number of hydrogen-bond acceptors (Lipinski definition) is 5. The Morgan fingerprint density at radius 2 is 1.93 bits per heavy atom. The van der Waals surface area contributed by atoms with Crippen molar-refractivity contribution in [3.05, 3.63) is 65.8 Å². The minimum Gasteiger partial charge on any atom is -0.340 e. The van der Waals surface area contributed by atoms with Crippen LogP contribution in [0.25, 0.3) is 11.4 Å². The molecule has 27 heavy (non-hydrogen) atoms. The summed E-state index contributed by atoms with van der Waals surface area (Å²) >= 11 is 0. The van der Waals surface area contributed by atoms with E-state index in [4.69, 9.17) is 4.52 Å². The van der Waals surface area contributed by atoms with Crippen LogP contribution in [0, 0.1) is 0 Å². The first-order valence-electron chi connectivity index (χ1n) is 9.09. The highest BCUT2D eigenvalue weighted by Crippen LogP contribution is 2.20. The van der Waals surface area contributed by atoms with Crippen LogP contribution in [-0.4, -0.2) is 33.0 Å². The number of carbonyl (C=O) groups excluding carboxylic acids is 1. The van der Waals surface area contributed by atoms with E-state index in [-0.39, 0.29) is 5.91 Å². The van der Waals surface area contributed by atoms with Crippen molar-refractivity contribution in [1.29, 1.82) is 0 Å². The van der Waals surface area contributed by atoms with Crippen molar-refractivity contribution < 1.29 is 9.32 Å². The molecule has 0 spiro atoms. The number of rotatable bonds is 7. The smallest absolute Gasteiger partial charge is 0.227 e. The second-order valence-electron chi connectivity index (χ2n) is 6.86. The third-order valence-corrected chi connectivity index (χ3v) is 4.41. The molecule has 3 rings (SSSR count). The van der Waals surface area contributed by atoms with Crippen LogP contribution >= 0.6 is 0 Å². The fraction of sp³-hybridized carbons (Fsp3) is 0.333. The monoisotopic (exact) mass is 364 g/mol. The van der Waals surface area contributed by atoms with Crippen LogP contribution in [-0.2, 0) is 17.8 Å². The van der Waals surface area contributed by atoms with E-state index in [1.165, 1.54) is 5.56 Å². The Labute approximate surface area is 159 Å². The van der Waals surface area contributed by atoms with Crippen LogP contribution < -0.4 is 0 Å². The molecule has 2 aromatic heterocycles. The highest BCUT2D eigenvalue weighted by atomic mass is 16.5. The third-order valence-electron chi connectivity index (χ3n) is 4.41. The maximum atomic E-state index is 12.3. The van der Waals surface area contributed by atoms with Crippen molar-refractivity contribution >= 4 is 5.91 Å². The van der Waals surface area contributed by atoms with Crippen molar-refractivity contribution in [1.82, 2.24) is 20.0 Å². The molecule has 0 saturated carbocycles. The number of carbonyl (C=O) groups is 1. The van der Waals surface area contributed by atoms with E-state index in [0.717, 1.165) is 11.3 Å². The molecule has 1 aromatic carbocycles. The summed E-state index contributed by atoms with van der Waals surface area (Å²) < 4.78 is 5.30. The lowest BCUT2D eigenvalue weighted by Gasteiger charge is -2.16. The van der Waals surface area contributed by atoms with Gasteiger partial charge in [0.05, 0.1) is 12.2 Å². The molecule has 0 N–H and O–H groups in total.